The molecule has 1 nitrogen and oxygen atoms in total. The summed E-state index contributed by atoms with van der Waals surface area (Å²) >= 11 is 0. The zero-order valence-electron chi connectivity index (χ0n) is 13.0. The smallest absolute Gasteiger partial charge is 0.387 e. The molecule has 0 aliphatic carbocycles. The minimum absolute atomic E-state index is 0. The summed E-state index contributed by atoms with van der Waals surface area (Å²) in [5.74, 6) is 0.242. The minimum atomic E-state index is 0. The average molecular weight is 261 g/mol. The second-order valence-electron chi connectivity index (χ2n) is 3.70. The minimum Gasteiger partial charge on any atom is -0.387 e. The standard InChI is InChI=1S/C13H19O.C2H6.CH3.Mg/c1-5-12-7-6-10(2)13(8-12)11(3)9-14-4;1-2;;/h6-8,11H,3,5,9H2,1-2,4H3;1-2H3;1H3;/q-1;;-1;+2. The van der Waals surface area contributed by atoms with E-state index in [0.717, 1.165) is 6.42 Å². The third-order valence-corrected chi connectivity index (χ3v) is 2.56. The van der Waals surface area contributed by atoms with Crippen LogP contribution in [0.1, 0.15) is 43.4 Å². The van der Waals surface area contributed by atoms with Gasteiger partial charge in [-0.15, -0.1) is 5.92 Å². The molecule has 0 bridgehead atoms. The van der Waals surface area contributed by atoms with Crippen LogP contribution in [0.2, 0.25) is 0 Å². The molecule has 1 unspecified atom stereocenters. The van der Waals surface area contributed by atoms with E-state index in [0.29, 0.717) is 6.61 Å². The van der Waals surface area contributed by atoms with Gasteiger partial charge in [-0.1, -0.05) is 50.1 Å². The molecule has 100 valence electrons. The third kappa shape index (κ3) is 7.40. The van der Waals surface area contributed by atoms with E-state index in [-0.39, 0.29) is 36.4 Å². The summed E-state index contributed by atoms with van der Waals surface area (Å²) in [6, 6.07) is 6.59. The van der Waals surface area contributed by atoms with Crippen LogP contribution in [0.15, 0.2) is 18.2 Å². The molecule has 1 atom stereocenters. The predicted octanol–water partition coefficient (Wildman–Crippen LogP) is 4.22. The van der Waals surface area contributed by atoms with Crippen molar-refractivity contribution in [3.8, 4) is 0 Å². The number of benzene rings is 1. The molecule has 0 aromatic heterocycles. The van der Waals surface area contributed by atoms with Crippen LogP contribution in [0.4, 0.5) is 0 Å². The van der Waals surface area contributed by atoms with E-state index < -0.39 is 0 Å². The first kappa shape index (κ1) is 23.1. The number of hydrogen-bond donors (Lipinski definition) is 0. The van der Waals surface area contributed by atoms with Crippen LogP contribution in [0.5, 0.6) is 0 Å². The first-order valence-corrected chi connectivity index (χ1v) is 6.10. The molecule has 1 rings (SSSR count). The first-order chi connectivity index (χ1) is 7.69. The number of rotatable bonds is 4. The van der Waals surface area contributed by atoms with Crippen molar-refractivity contribution in [1.29, 1.82) is 0 Å². The molecule has 0 heterocycles. The first-order valence-electron chi connectivity index (χ1n) is 6.10. The maximum Gasteiger partial charge on any atom is 2.00 e. The Morgan fingerprint density at radius 2 is 1.83 bits per heavy atom. The van der Waals surface area contributed by atoms with Crippen molar-refractivity contribution in [2.75, 3.05) is 13.7 Å². The Labute approximate surface area is 130 Å². The summed E-state index contributed by atoms with van der Waals surface area (Å²) in [5.41, 5.74) is 3.99. The van der Waals surface area contributed by atoms with Gasteiger partial charge in [-0.25, -0.2) is 0 Å². The molecule has 0 aliphatic heterocycles. The molecule has 0 fully saturated rings. The van der Waals surface area contributed by atoms with Gasteiger partial charge in [0.2, 0.25) is 0 Å². The van der Waals surface area contributed by atoms with Crippen molar-refractivity contribution in [2.24, 2.45) is 0 Å². The quantitative estimate of drug-likeness (QED) is 0.582. The summed E-state index contributed by atoms with van der Waals surface area (Å²) in [5, 5.41) is 0. The third-order valence-electron chi connectivity index (χ3n) is 2.56. The summed E-state index contributed by atoms with van der Waals surface area (Å²) < 4.78 is 5.12. The number of aryl methyl sites for hydroxylation is 2. The van der Waals surface area contributed by atoms with Crippen molar-refractivity contribution in [3.05, 3.63) is 49.2 Å². The van der Waals surface area contributed by atoms with E-state index in [1.54, 1.807) is 7.11 Å². The topological polar surface area (TPSA) is 9.23 Å². The van der Waals surface area contributed by atoms with Gasteiger partial charge in [0.15, 0.2) is 0 Å². The monoisotopic (exact) mass is 260 g/mol. The number of methoxy groups -OCH3 is 1. The Kier molecular flexibility index (Phi) is 17.1. The number of ether oxygens (including phenoxy) is 1. The second-order valence-corrected chi connectivity index (χ2v) is 3.70. The fourth-order valence-electron chi connectivity index (χ4n) is 1.64. The summed E-state index contributed by atoms with van der Waals surface area (Å²) in [4.78, 5) is 0. The van der Waals surface area contributed by atoms with Gasteiger partial charge in [-0.3, -0.25) is 0 Å². The molecular formula is C16H28MgO. The van der Waals surface area contributed by atoms with Gasteiger partial charge in [0, 0.05) is 13.7 Å². The molecule has 1 aromatic carbocycles. The van der Waals surface area contributed by atoms with Crippen LogP contribution in [0.3, 0.4) is 0 Å². The maximum absolute atomic E-state index is 5.12. The average Bonchev–Trinajstić information content (AvgIpc) is 2.32. The Bertz CT molecular complexity index is 297. The molecule has 0 radical (unpaired) electrons. The van der Waals surface area contributed by atoms with Crippen LogP contribution in [0.25, 0.3) is 0 Å². The van der Waals surface area contributed by atoms with Crippen LogP contribution in [0, 0.1) is 21.3 Å². The summed E-state index contributed by atoms with van der Waals surface area (Å²) in [6.45, 7) is 13.1. The van der Waals surface area contributed by atoms with Crippen LogP contribution >= 0.6 is 0 Å². The van der Waals surface area contributed by atoms with Gasteiger partial charge in [-0.2, -0.15) is 0 Å². The second kappa shape index (κ2) is 13.4. The Hall–Kier alpha value is -0.0538. The SMILES string of the molecule is CC.[CH2-]C(COC)c1cc(CC)ccc1C.[CH3-].[Mg+2]. The largest absolute Gasteiger partial charge is 2.00 e. The zero-order chi connectivity index (χ0) is 12.6. The predicted molar refractivity (Wildman–Crippen MR) is 84.0 cm³/mol. The van der Waals surface area contributed by atoms with E-state index in [2.05, 4.69) is 39.0 Å². The molecule has 0 saturated heterocycles. The van der Waals surface area contributed by atoms with Crippen molar-refractivity contribution in [3.63, 3.8) is 0 Å². The van der Waals surface area contributed by atoms with Crippen molar-refractivity contribution in [2.45, 2.75) is 40.0 Å². The number of hydrogen-bond acceptors (Lipinski definition) is 1. The Morgan fingerprint density at radius 3 is 2.28 bits per heavy atom. The normalized spacial score (nSPS) is 10.3. The molecule has 0 N–H and O–H groups in total. The fourth-order valence-corrected chi connectivity index (χ4v) is 1.64. The summed E-state index contributed by atoms with van der Waals surface area (Å²) in [7, 11) is 1.72. The van der Waals surface area contributed by atoms with Gasteiger partial charge in [0.1, 0.15) is 0 Å². The summed E-state index contributed by atoms with van der Waals surface area (Å²) in [6.07, 6.45) is 1.08. The van der Waals surface area contributed by atoms with Gasteiger partial charge >= 0.3 is 23.1 Å². The molecular weight excluding hydrogens is 232 g/mol. The van der Waals surface area contributed by atoms with Crippen LogP contribution in [-0.2, 0) is 11.2 Å². The van der Waals surface area contributed by atoms with Gasteiger partial charge in [-0.05, 0) is 18.9 Å². The molecule has 0 aliphatic rings. The van der Waals surface area contributed by atoms with Gasteiger partial charge < -0.3 is 19.1 Å². The van der Waals surface area contributed by atoms with E-state index in [9.17, 15) is 0 Å². The van der Waals surface area contributed by atoms with E-state index in [4.69, 9.17) is 4.74 Å². The van der Waals surface area contributed by atoms with Gasteiger partial charge in [0.25, 0.3) is 0 Å². The Morgan fingerprint density at radius 1 is 1.28 bits per heavy atom. The Balaban J connectivity index is -0.000000534. The molecule has 0 spiro atoms. The molecule has 18 heavy (non-hydrogen) atoms. The zero-order valence-corrected chi connectivity index (χ0v) is 14.5. The molecule has 0 saturated carbocycles. The van der Waals surface area contributed by atoms with Crippen molar-refractivity contribution in [1.82, 2.24) is 0 Å². The van der Waals surface area contributed by atoms with E-state index in [1.165, 1.54) is 16.7 Å². The van der Waals surface area contributed by atoms with Crippen LogP contribution < -0.4 is 0 Å². The fraction of sp³-hybridized carbons (Fsp3) is 0.500. The van der Waals surface area contributed by atoms with Crippen molar-refractivity contribution < 1.29 is 4.74 Å². The van der Waals surface area contributed by atoms with Crippen molar-refractivity contribution >= 4 is 23.1 Å². The molecule has 2 heteroatoms. The van der Waals surface area contributed by atoms with Gasteiger partial charge in [0.05, 0.1) is 0 Å². The molecule has 1 aromatic rings. The maximum atomic E-state index is 5.12. The van der Waals surface area contributed by atoms with Crippen LogP contribution in [-0.4, -0.2) is 36.8 Å². The van der Waals surface area contributed by atoms with E-state index >= 15 is 0 Å². The van der Waals surface area contributed by atoms with E-state index in [1.807, 2.05) is 13.8 Å². The molecule has 0 amide bonds.